The first-order valence-corrected chi connectivity index (χ1v) is 13.1. The molecule has 0 bridgehead atoms. The molecule has 0 fully saturated rings. The number of imidazole rings is 1. The van der Waals surface area contributed by atoms with E-state index in [1.807, 2.05) is 67.6 Å². The van der Waals surface area contributed by atoms with Crippen LogP contribution >= 0.6 is 0 Å². The van der Waals surface area contributed by atoms with Crippen LogP contribution in [0.2, 0.25) is 0 Å². The number of nitrogens with one attached hydrogen (secondary N) is 3. The quantitative estimate of drug-likeness (QED) is 0.163. The Bertz CT molecular complexity index is 1920. The Morgan fingerprint density at radius 2 is 1.80 bits per heavy atom. The summed E-state index contributed by atoms with van der Waals surface area (Å²) < 4.78 is 1.65. The number of anilines is 1. The van der Waals surface area contributed by atoms with Crippen molar-refractivity contribution in [3.8, 4) is 16.8 Å². The minimum absolute atomic E-state index is 0.0420. The summed E-state index contributed by atoms with van der Waals surface area (Å²) in [5.41, 5.74) is 6.17. The molecule has 0 aliphatic heterocycles. The number of hydrogen-bond donors (Lipinski definition) is 4. The number of aromatic nitrogens is 6. The Balaban J connectivity index is 1.52. The Kier molecular flexibility index (Phi) is 6.92. The van der Waals surface area contributed by atoms with Crippen LogP contribution in [0.3, 0.4) is 0 Å². The molecule has 204 valence electrons. The van der Waals surface area contributed by atoms with Crippen LogP contribution in [0.1, 0.15) is 30.8 Å². The van der Waals surface area contributed by atoms with Crippen LogP contribution in [0, 0.1) is 0 Å². The van der Waals surface area contributed by atoms with Gasteiger partial charge < -0.3 is 10.3 Å². The van der Waals surface area contributed by atoms with Crippen molar-refractivity contribution < 1.29 is 10.0 Å². The van der Waals surface area contributed by atoms with E-state index >= 15 is 0 Å². The maximum Gasteiger partial charge on any atom is 0.266 e. The topological polar surface area (TPSA) is 151 Å². The van der Waals surface area contributed by atoms with Gasteiger partial charge in [0.1, 0.15) is 17.7 Å². The van der Waals surface area contributed by atoms with Gasteiger partial charge in [0.2, 0.25) is 5.91 Å². The highest BCUT2D eigenvalue weighted by molar-refractivity contribution is 5.94. The molecule has 41 heavy (non-hydrogen) atoms. The highest BCUT2D eigenvalue weighted by Gasteiger charge is 2.23. The SMILES string of the molecule is CCC(Nc1ncnc2[nH]cnc12)c1nc2cccc(-c3ccc(CC(=O)NO)cc3)c2c(=O)n1-c1ccccc1. The lowest BCUT2D eigenvalue weighted by Crippen LogP contribution is -2.28. The molecular formula is C30H26N8O3. The van der Waals surface area contributed by atoms with Gasteiger partial charge in [-0.2, -0.15) is 0 Å². The third-order valence-electron chi connectivity index (χ3n) is 6.94. The molecule has 6 aromatic rings. The van der Waals surface area contributed by atoms with Gasteiger partial charge in [0.05, 0.1) is 35.4 Å². The van der Waals surface area contributed by atoms with Gasteiger partial charge >= 0.3 is 0 Å². The van der Waals surface area contributed by atoms with E-state index in [9.17, 15) is 9.59 Å². The summed E-state index contributed by atoms with van der Waals surface area (Å²) in [4.78, 5) is 47.0. The average molecular weight is 547 g/mol. The summed E-state index contributed by atoms with van der Waals surface area (Å²) in [6, 6.07) is 22.0. The number of rotatable bonds is 8. The van der Waals surface area contributed by atoms with Crippen LogP contribution in [-0.4, -0.2) is 40.6 Å². The molecule has 1 unspecified atom stereocenters. The van der Waals surface area contributed by atoms with E-state index in [1.165, 1.54) is 6.33 Å². The summed E-state index contributed by atoms with van der Waals surface area (Å²) in [7, 11) is 0. The molecule has 4 N–H and O–H groups in total. The third-order valence-corrected chi connectivity index (χ3v) is 6.94. The minimum atomic E-state index is -0.500. The monoisotopic (exact) mass is 546 g/mol. The molecule has 1 atom stereocenters. The zero-order valence-corrected chi connectivity index (χ0v) is 22.1. The summed E-state index contributed by atoms with van der Waals surface area (Å²) in [6.45, 7) is 2.02. The molecule has 11 nitrogen and oxygen atoms in total. The highest BCUT2D eigenvalue weighted by atomic mass is 16.5. The summed E-state index contributed by atoms with van der Waals surface area (Å²) in [5, 5.41) is 12.8. The number of para-hydroxylation sites is 1. The number of fused-ring (bicyclic) bond motifs is 2. The number of aromatic amines is 1. The molecule has 1 amide bonds. The van der Waals surface area contributed by atoms with Crippen molar-refractivity contribution in [2.45, 2.75) is 25.8 Å². The lowest BCUT2D eigenvalue weighted by Gasteiger charge is -2.22. The second-order valence-corrected chi connectivity index (χ2v) is 9.48. The van der Waals surface area contributed by atoms with E-state index in [1.54, 1.807) is 28.5 Å². The lowest BCUT2D eigenvalue weighted by molar-refractivity contribution is -0.128. The molecule has 3 heterocycles. The molecule has 0 aliphatic rings. The van der Waals surface area contributed by atoms with E-state index in [0.717, 1.165) is 16.7 Å². The number of carbonyl (C=O) groups excluding carboxylic acids is 1. The summed E-state index contributed by atoms with van der Waals surface area (Å²) in [6.07, 6.45) is 3.68. The Hall–Kier alpha value is -5.42. The van der Waals surface area contributed by atoms with E-state index < -0.39 is 5.91 Å². The second-order valence-electron chi connectivity index (χ2n) is 9.48. The van der Waals surface area contributed by atoms with Crippen molar-refractivity contribution in [2.24, 2.45) is 0 Å². The molecule has 6 rings (SSSR count). The fraction of sp³-hybridized carbons (Fsp3) is 0.133. The predicted molar refractivity (Wildman–Crippen MR) is 155 cm³/mol. The van der Waals surface area contributed by atoms with E-state index in [0.29, 0.717) is 45.8 Å². The standard InChI is InChI=1S/C30H26N8O3/c1-2-22(35-28-26-27(32-16-31-26)33-17-34-28)29-36-23-10-6-9-21(19-13-11-18(12-14-19)15-24(39)37-41)25(23)30(40)38(29)20-7-4-3-5-8-20/h3-14,16-17,22,41H,2,15H2,1H3,(H,37,39)(H2,31,32,33,34,35). The normalized spacial score (nSPS) is 12.0. The largest absolute Gasteiger partial charge is 0.358 e. The maximum absolute atomic E-state index is 14.4. The Morgan fingerprint density at radius 1 is 1.00 bits per heavy atom. The van der Waals surface area contributed by atoms with Crippen LogP contribution in [0.25, 0.3) is 38.9 Å². The molecule has 3 aromatic heterocycles. The fourth-order valence-electron chi connectivity index (χ4n) is 4.96. The van der Waals surface area contributed by atoms with Gasteiger partial charge in [-0.3, -0.25) is 19.4 Å². The zero-order chi connectivity index (χ0) is 28.3. The second kappa shape index (κ2) is 11.0. The number of amides is 1. The van der Waals surface area contributed by atoms with Crippen LogP contribution in [0.5, 0.6) is 0 Å². The van der Waals surface area contributed by atoms with Gasteiger partial charge in [-0.25, -0.2) is 25.4 Å². The number of H-pyrrole nitrogens is 1. The van der Waals surface area contributed by atoms with E-state index in [2.05, 4.69) is 25.3 Å². The number of hydroxylamine groups is 1. The predicted octanol–water partition coefficient (Wildman–Crippen LogP) is 4.33. The average Bonchev–Trinajstić information content (AvgIpc) is 3.50. The third kappa shape index (κ3) is 4.90. The molecule has 11 heteroatoms. The van der Waals surface area contributed by atoms with Crippen LogP contribution in [0.15, 0.2) is 90.2 Å². The van der Waals surface area contributed by atoms with Gasteiger partial charge in [-0.05, 0) is 41.3 Å². The minimum Gasteiger partial charge on any atom is -0.358 e. The van der Waals surface area contributed by atoms with Crippen molar-refractivity contribution in [3.63, 3.8) is 0 Å². The molecule has 3 aromatic carbocycles. The Morgan fingerprint density at radius 3 is 2.56 bits per heavy atom. The number of hydrogen-bond acceptors (Lipinski definition) is 8. The van der Waals surface area contributed by atoms with Gasteiger partial charge in [-0.1, -0.05) is 61.5 Å². The Labute approximate surface area is 233 Å². The van der Waals surface area contributed by atoms with Crippen LogP contribution in [0.4, 0.5) is 5.82 Å². The van der Waals surface area contributed by atoms with Crippen molar-refractivity contribution in [3.05, 3.63) is 107 Å². The fourth-order valence-corrected chi connectivity index (χ4v) is 4.96. The molecule has 0 saturated heterocycles. The first-order valence-electron chi connectivity index (χ1n) is 13.1. The summed E-state index contributed by atoms with van der Waals surface area (Å²) >= 11 is 0. The van der Waals surface area contributed by atoms with Crippen LogP contribution < -0.4 is 16.4 Å². The maximum atomic E-state index is 14.4. The first-order chi connectivity index (χ1) is 20.1. The van der Waals surface area contributed by atoms with Crippen molar-refractivity contribution in [1.82, 2.24) is 35.0 Å². The summed E-state index contributed by atoms with van der Waals surface area (Å²) in [5.74, 6) is 0.584. The van der Waals surface area contributed by atoms with Gasteiger partial charge in [0.25, 0.3) is 5.56 Å². The molecule has 0 spiro atoms. The molecule has 0 saturated carbocycles. The van der Waals surface area contributed by atoms with Gasteiger partial charge in [0.15, 0.2) is 11.5 Å². The van der Waals surface area contributed by atoms with E-state index in [4.69, 9.17) is 10.2 Å². The number of carbonyl (C=O) groups is 1. The zero-order valence-electron chi connectivity index (χ0n) is 22.1. The van der Waals surface area contributed by atoms with Crippen LogP contribution in [-0.2, 0) is 11.2 Å². The molecule has 0 radical (unpaired) electrons. The van der Waals surface area contributed by atoms with Gasteiger partial charge in [0, 0.05) is 0 Å². The number of nitrogens with zero attached hydrogens (tertiary/aromatic N) is 5. The van der Waals surface area contributed by atoms with Crippen molar-refractivity contribution in [2.75, 3.05) is 5.32 Å². The molecular weight excluding hydrogens is 520 g/mol. The number of benzene rings is 3. The highest BCUT2D eigenvalue weighted by Crippen LogP contribution is 2.30. The molecule has 0 aliphatic carbocycles. The van der Waals surface area contributed by atoms with Gasteiger partial charge in [-0.15, -0.1) is 0 Å². The first kappa shape index (κ1) is 25.8. The van der Waals surface area contributed by atoms with Crippen molar-refractivity contribution in [1.29, 1.82) is 0 Å². The van der Waals surface area contributed by atoms with Crippen molar-refractivity contribution >= 4 is 33.8 Å². The smallest absolute Gasteiger partial charge is 0.266 e. The lowest BCUT2D eigenvalue weighted by atomic mass is 9.99. The van der Waals surface area contributed by atoms with E-state index in [-0.39, 0.29) is 18.0 Å².